The Morgan fingerprint density at radius 3 is 2.14 bits per heavy atom. The van der Waals surface area contributed by atoms with Gasteiger partial charge in [0.25, 0.3) is 0 Å². The summed E-state index contributed by atoms with van der Waals surface area (Å²) in [6.45, 7) is 0. The number of aromatic nitrogens is 3. The van der Waals surface area contributed by atoms with Gasteiger partial charge in [-0.2, -0.15) is 0 Å². The molecule has 4 heterocycles. The predicted octanol–water partition coefficient (Wildman–Crippen LogP) is 9.88. The monoisotopic (exact) mass is 554 g/mol. The number of fused-ring (bicyclic) bond motifs is 7. The topological polar surface area (TPSA) is 34.0 Å². The third kappa shape index (κ3) is 3.56. The zero-order valence-corrected chi connectivity index (χ0v) is 23.8. The zero-order valence-electron chi connectivity index (χ0n) is 23.8. The number of benzene rings is 4. The van der Waals surface area contributed by atoms with Crippen molar-refractivity contribution < 1.29 is 0 Å². The molecule has 0 radical (unpaired) electrons. The van der Waals surface area contributed by atoms with Crippen molar-refractivity contribution in [3.63, 3.8) is 0 Å². The third-order valence-electron chi connectivity index (χ3n) is 9.63. The van der Waals surface area contributed by atoms with Crippen molar-refractivity contribution in [2.24, 2.45) is 0 Å². The van der Waals surface area contributed by atoms with Gasteiger partial charge in [0, 0.05) is 39.8 Å². The molecule has 1 aliphatic carbocycles. The maximum absolute atomic E-state index is 4.77. The highest BCUT2D eigenvalue weighted by Gasteiger charge is 2.45. The molecule has 4 aromatic carbocycles. The fourth-order valence-electron chi connectivity index (χ4n) is 7.79. The van der Waals surface area contributed by atoms with E-state index in [4.69, 9.17) is 9.97 Å². The van der Waals surface area contributed by atoms with Crippen LogP contribution < -0.4 is 4.90 Å². The van der Waals surface area contributed by atoms with E-state index in [1.165, 1.54) is 59.0 Å². The summed E-state index contributed by atoms with van der Waals surface area (Å²) in [5.41, 5.74) is 11.0. The van der Waals surface area contributed by atoms with Crippen LogP contribution in [0.2, 0.25) is 0 Å². The number of nitrogens with zero attached hydrogens (tertiary/aromatic N) is 4. The number of rotatable bonds is 3. The summed E-state index contributed by atoms with van der Waals surface area (Å²) in [7, 11) is 0. The van der Waals surface area contributed by atoms with Crippen LogP contribution in [0.3, 0.4) is 0 Å². The Morgan fingerprint density at radius 2 is 1.30 bits per heavy atom. The summed E-state index contributed by atoms with van der Waals surface area (Å²) in [6, 6.07) is 43.9. The number of anilines is 3. The Bertz CT molecular complexity index is 2140. The lowest BCUT2D eigenvalue weighted by Gasteiger charge is -2.44. The van der Waals surface area contributed by atoms with Gasteiger partial charge in [-0.3, -0.25) is 9.55 Å². The normalized spacial score (nSPS) is 15.2. The van der Waals surface area contributed by atoms with Crippen molar-refractivity contribution in [2.75, 3.05) is 4.90 Å². The van der Waals surface area contributed by atoms with Crippen LogP contribution in [0, 0.1) is 0 Å². The molecule has 1 aliphatic heterocycles. The number of para-hydroxylation sites is 2. The Balaban J connectivity index is 1.33. The minimum absolute atomic E-state index is 0.0397. The number of hydrogen-bond acceptors (Lipinski definition) is 3. The lowest BCUT2D eigenvalue weighted by molar-refractivity contribution is 0.530. The Morgan fingerprint density at radius 1 is 0.558 bits per heavy atom. The van der Waals surface area contributed by atoms with Crippen LogP contribution in [-0.4, -0.2) is 14.5 Å². The van der Waals surface area contributed by atoms with E-state index in [1.54, 1.807) is 0 Å². The second-order valence-corrected chi connectivity index (χ2v) is 11.8. The van der Waals surface area contributed by atoms with Crippen LogP contribution in [0.15, 0.2) is 134 Å². The van der Waals surface area contributed by atoms with Gasteiger partial charge in [0.2, 0.25) is 0 Å². The van der Waals surface area contributed by atoms with Crippen LogP contribution in [0.1, 0.15) is 36.8 Å². The first-order valence-corrected chi connectivity index (χ1v) is 15.2. The molecule has 0 amide bonds. The zero-order chi connectivity index (χ0) is 28.4. The largest absolute Gasteiger partial charge is 0.310 e. The highest BCUT2D eigenvalue weighted by molar-refractivity contribution is 6.10. The van der Waals surface area contributed by atoms with Crippen LogP contribution >= 0.6 is 0 Å². The molecular weight excluding hydrogens is 524 g/mol. The molecule has 1 fully saturated rings. The Hall–Kier alpha value is -5.22. The van der Waals surface area contributed by atoms with Crippen LogP contribution in [0.4, 0.5) is 17.1 Å². The Kier molecular flexibility index (Phi) is 5.33. The first kappa shape index (κ1) is 24.4. The van der Waals surface area contributed by atoms with E-state index in [2.05, 4.69) is 119 Å². The first-order chi connectivity index (χ1) is 21.3. The smallest absolute Gasteiger partial charge is 0.137 e. The van der Waals surface area contributed by atoms with Crippen molar-refractivity contribution >= 4 is 38.9 Å². The van der Waals surface area contributed by atoms with Crippen molar-refractivity contribution in [1.29, 1.82) is 0 Å². The maximum atomic E-state index is 4.77. The minimum atomic E-state index is 0.0397. The highest BCUT2D eigenvalue weighted by Crippen LogP contribution is 2.58. The molecule has 0 saturated heterocycles. The van der Waals surface area contributed by atoms with E-state index in [0.717, 1.165) is 33.8 Å². The SMILES string of the molecule is c1ccc(-c2ccc3c(c2)N(c2ccc4c5ccccc5n(-c5ccccn5)c4c2)c2ccccc2C32CCCC2)nc1. The van der Waals surface area contributed by atoms with Crippen LogP contribution in [0.25, 0.3) is 38.9 Å². The van der Waals surface area contributed by atoms with E-state index in [0.29, 0.717) is 0 Å². The predicted molar refractivity (Wildman–Crippen MR) is 176 cm³/mol. The fraction of sp³-hybridized carbons (Fsp3) is 0.128. The maximum Gasteiger partial charge on any atom is 0.137 e. The van der Waals surface area contributed by atoms with E-state index >= 15 is 0 Å². The quantitative estimate of drug-likeness (QED) is 0.218. The lowest BCUT2D eigenvalue weighted by atomic mass is 9.69. The van der Waals surface area contributed by atoms with Gasteiger partial charge in [0.15, 0.2) is 0 Å². The van der Waals surface area contributed by atoms with E-state index in [1.807, 2.05) is 24.5 Å². The molecule has 1 saturated carbocycles. The molecule has 206 valence electrons. The molecule has 0 N–H and O–H groups in total. The number of pyridine rings is 2. The average molecular weight is 555 g/mol. The molecule has 0 atom stereocenters. The van der Waals surface area contributed by atoms with Crippen molar-refractivity contribution in [2.45, 2.75) is 31.1 Å². The summed E-state index contributed by atoms with van der Waals surface area (Å²) in [5, 5.41) is 2.46. The summed E-state index contributed by atoms with van der Waals surface area (Å²) in [5.74, 6) is 0.924. The van der Waals surface area contributed by atoms with E-state index < -0.39 is 0 Å². The van der Waals surface area contributed by atoms with Gasteiger partial charge >= 0.3 is 0 Å². The van der Waals surface area contributed by atoms with Gasteiger partial charge in [-0.1, -0.05) is 79.6 Å². The summed E-state index contributed by atoms with van der Waals surface area (Å²) in [6.07, 6.45) is 8.63. The van der Waals surface area contributed by atoms with Crippen molar-refractivity contribution in [1.82, 2.24) is 14.5 Å². The van der Waals surface area contributed by atoms with Crippen LogP contribution in [-0.2, 0) is 5.41 Å². The second-order valence-electron chi connectivity index (χ2n) is 11.8. The summed E-state index contributed by atoms with van der Waals surface area (Å²) in [4.78, 5) is 12.0. The molecule has 4 heteroatoms. The van der Waals surface area contributed by atoms with Gasteiger partial charge in [-0.15, -0.1) is 0 Å². The number of hydrogen-bond donors (Lipinski definition) is 0. The van der Waals surface area contributed by atoms with Gasteiger partial charge in [0.1, 0.15) is 5.82 Å². The molecule has 9 rings (SSSR count). The Labute approximate surface area is 250 Å². The standard InChI is InChI=1S/C39H30N4/c1-3-14-34-29(11-1)30-19-18-28(26-36(30)43(34)38-16-6-10-24-41-38)42-35-15-4-2-12-31(35)39(21-7-8-22-39)32-20-17-27(25-37(32)42)33-13-5-9-23-40-33/h1-6,9-20,23-26H,7-8,21-22H2. The lowest BCUT2D eigenvalue weighted by Crippen LogP contribution is -2.33. The minimum Gasteiger partial charge on any atom is -0.310 e. The molecule has 4 nitrogen and oxygen atoms in total. The van der Waals surface area contributed by atoms with Crippen molar-refractivity contribution in [3.05, 3.63) is 145 Å². The molecular formula is C39H30N4. The van der Waals surface area contributed by atoms with Gasteiger partial charge in [-0.25, -0.2) is 4.98 Å². The van der Waals surface area contributed by atoms with Crippen molar-refractivity contribution in [3.8, 4) is 17.1 Å². The van der Waals surface area contributed by atoms with Gasteiger partial charge in [-0.05, 0) is 78.6 Å². The summed E-state index contributed by atoms with van der Waals surface area (Å²) < 4.78 is 2.30. The molecule has 3 aromatic heterocycles. The molecule has 0 unspecified atom stereocenters. The molecule has 7 aromatic rings. The average Bonchev–Trinajstić information content (AvgIpc) is 3.69. The second kappa shape index (κ2) is 9.40. The van der Waals surface area contributed by atoms with E-state index in [9.17, 15) is 0 Å². The summed E-state index contributed by atoms with van der Waals surface area (Å²) >= 11 is 0. The first-order valence-electron chi connectivity index (χ1n) is 15.2. The molecule has 0 bridgehead atoms. The van der Waals surface area contributed by atoms with Gasteiger partial charge in [0.05, 0.1) is 28.1 Å². The molecule has 43 heavy (non-hydrogen) atoms. The third-order valence-corrected chi connectivity index (χ3v) is 9.63. The van der Waals surface area contributed by atoms with E-state index in [-0.39, 0.29) is 5.41 Å². The van der Waals surface area contributed by atoms with Gasteiger partial charge < -0.3 is 4.90 Å². The fourth-order valence-corrected chi connectivity index (χ4v) is 7.79. The van der Waals surface area contributed by atoms with Crippen LogP contribution in [0.5, 0.6) is 0 Å². The molecule has 1 spiro atoms. The highest BCUT2D eigenvalue weighted by atomic mass is 15.2. The molecule has 2 aliphatic rings.